The Balaban J connectivity index is 1.86. The average molecular weight is 272 g/mol. The molecule has 20 heavy (non-hydrogen) atoms. The third-order valence-corrected chi connectivity index (χ3v) is 3.82. The van der Waals surface area contributed by atoms with Crippen molar-refractivity contribution in [1.82, 2.24) is 4.90 Å². The van der Waals surface area contributed by atoms with Gasteiger partial charge >= 0.3 is 6.09 Å². The Bertz CT molecular complexity index is 495. The van der Waals surface area contributed by atoms with Crippen LogP contribution >= 0.6 is 0 Å². The van der Waals surface area contributed by atoms with Gasteiger partial charge in [0, 0.05) is 13.1 Å². The minimum Gasteiger partial charge on any atom is -0.445 e. The van der Waals surface area contributed by atoms with E-state index in [4.69, 9.17) is 10.00 Å². The van der Waals surface area contributed by atoms with E-state index in [1.165, 1.54) is 0 Å². The number of nitriles is 1. The van der Waals surface area contributed by atoms with Crippen LogP contribution in [0, 0.1) is 16.7 Å². The third-order valence-electron chi connectivity index (χ3n) is 3.82. The number of ether oxygens (including phenoxy) is 1. The molecular formula is C16H20N2O2. The van der Waals surface area contributed by atoms with Gasteiger partial charge in [-0.3, -0.25) is 0 Å². The minimum absolute atomic E-state index is 0.281. The van der Waals surface area contributed by atoms with Crippen LogP contribution in [0.2, 0.25) is 0 Å². The van der Waals surface area contributed by atoms with Crippen molar-refractivity contribution in [2.45, 2.75) is 32.8 Å². The van der Waals surface area contributed by atoms with Crippen molar-refractivity contribution in [3.05, 3.63) is 35.9 Å². The van der Waals surface area contributed by atoms with Gasteiger partial charge in [-0.05, 0) is 31.7 Å². The number of nitrogens with zero attached hydrogens (tertiary/aromatic N) is 2. The van der Waals surface area contributed by atoms with Gasteiger partial charge in [0.15, 0.2) is 0 Å². The Labute approximate surface area is 120 Å². The molecule has 0 spiro atoms. The van der Waals surface area contributed by atoms with Crippen molar-refractivity contribution in [2.24, 2.45) is 5.41 Å². The van der Waals surface area contributed by atoms with Crippen molar-refractivity contribution in [1.29, 1.82) is 5.26 Å². The van der Waals surface area contributed by atoms with E-state index in [1.807, 2.05) is 37.3 Å². The maximum Gasteiger partial charge on any atom is 0.410 e. The zero-order valence-electron chi connectivity index (χ0n) is 11.8. The number of hydrogen-bond donors (Lipinski definition) is 0. The number of hydrogen-bond acceptors (Lipinski definition) is 3. The van der Waals surface area contributed by atoms with Crippen molar-refractivity contribution in [3.63, 3.8) is 0 Å². The third kappa shape index (κ3) is 3.74. The molecule has 0 saturated carbocycles. The Morgan fingerprint density at radius 1 is 1.35 bits per heavy atom. The topological polar surface area (TPSA) is 53.3 Å². The molecule has 0 aromatic heterocycles. The molecule has 1 heterocycles. The maximum atomic E-state index is 12.0. The van der Waals surface area contributed by atoms with E-state index < -0.39 is 0 Å². The maximum absolute atomic E-state index is 12.0. The van der Waals surface area contributed by atoms with E-state index in [-0.39, 0.29) is 11.5 Å². The number of amides is 1. The zero-order valence-corrected chi connectivity index (χ0v) is 11.8. The van der Waals surface area contributed by atoms with Crippen LogP contribution in [-0.4, -0.2) is 24.1 Å². The summed E-state index contributed by atoms with van der Waals surface area (Å²) in [6.45, 7) is 3.53. The van der Waals surface area contributed by atoms with E-state index in [9.17, 15) is 4.79 Å². The molecular weight excluding hydrogens is 252 g/mol. The molecule has 106 valence electrons. The highest BCUT2D eigenvalue weighted by Crippen LogP contribution is 2.29. The molecule has 1 fully saturated rings. The second kappa shape index (κ2) is 6.42. The highest BCUT2D eigenvalue weighted by atomic mass is 16.6. The summed E-state index contributed by atoms with van der Waals surface area (Å²) in [7, 11) is 0. The van der Waals surface area contributed by atoms with Crippen molar-refractivity contribution >= 4 is 6.09 Å². The number of benzene rings is 1. The van der Waals surface area contributed by atoms with E-state index >= 15 is 0 Å². The van der Waals surface area contributed by atoms with Gasteiger partial charge in [0.2, 0.25) is 0 Å². The van der Waals surface area contributed by atoms with Crippen molar-refractivity contribution in [2.75, 3.05) is 13.1 Å². The van der Waals surface area contributed by atoms with Crippen LogP contribution in [-0.2, 0) is 11.3 Å². The Morgan fingerprint density at radius 3 is 2.80 bits per heavy atom. The molecule has 4 nitrogen and oxygen atoms in total. The number of likely N-dealkylation sites (tertiary alicyclic amines) is 1. The monoisotopic (exact) mass is 272 g/mol. The zero-order chi connectivity index (χ0) is 14.4. The molecule has 0 aliphatic carbocycles. The van der Waals surface area contributed by atoms with E-state index in [1.54, 1.807) is 4.90 Å². The first-order valence-corrected chi connectivity index (χ1v) is 7.00. The largest absolute Gasteiger partial charge is 0.445 e. The quantitative estimate of drug-likeness (QED) is 0.829. The lowest BCUT2D eigenvalue weighted by molar-refractivity contribution is 0.0968. The summed E-state index contributed by atoms with van der Waals surface area (Å²) in [5.41, 5.74) is 0.673. The van der Waals surface area contributed by atoms with Gasteiger partial charge in [-0.15, -0.1) is 0 Å². The predicted octanol–water partition coefficient (Wildman–Crippen LogP) is 3.34. The predicted molar refractivity (Wildman–Crippen MR) is 75.8 cm³/mol. The summed E-state index contributed by atoms with van der Waals surface area (Å²) in [6, 6.07) is 12.0. The van der Waals surface area contributed by atoms with Crippen molar-refractivity contribution < 1.29 is 9.53 Å². The van der Waals surface area contributed by atoms with Gasteiger partial charge in [0.25, 0.3) is 0 Å². The lowest BCUT2D eigenvalue weighted by Gasteiger charge is -2.21. The first-order valence-electron chi connectivity index (χ1n) is 7.00. The highest BCUT2D eigenvalue weighted by Gasteiger charge is 2.29. The molecule has 0 unspecified atom stereocenters. The molecule has 2 rings (SSSR count). The Morgan fingerprint density at radius 2 is 2.10 bits per heavy atom. The minimum atomic E-state index is -0.311. The molecule has 1 atom stereocenters. The van der Waals surface area contributed by atoms with Gasteiger partial charge in [-0.2, -0.15) is 5.26 Å². The smallest absolute Gasteiger partial charge is 0.410 e. The van der Waals surface area contributed by atoms with Crippen LogP contribution in [0.25, 0.3) is 0 Å². The summed E-state index contributed by atoms with van der Waals surface area (Å²) >= 11 is 0. The highest BCUT2D eigenvalue weighted by molar-refractivity contribution is 5.67. The molecule has 1 amide bonds. The van der Waals surface area contributed by atoms with Crippen molar-refractivity contribution in [3.8, 4) is 6.07 Å². The lowest BCUT2D eigenvalue weighted by atomic mass is 9.85. The fourth-order valence-electron chi connectivity index (χ4n) is 2.38. The van der Waals surface area contributed by atoms with E-state index in [0.29, 0.717) is 26.1 Å². The lowest BCUT2D eigenvalue weighted by Crippen LogP contribution is -2.32. The molecule has 1 saturated heterocycles. The molecule has 1 aliphatic rings. The van der Waals surface area contributed by atoms with Gasteiger partial charge in [-0.1, -0.05) is 30.3 Å². The second-order valence-electron chi connectivity index (χ2n) is 5.55. The number of rotatable bonds is 2. The first kappa shape index (κ1) is 14.4. The molecule has 4 heteroatoms. The fourth-order valence-corrected chi connectivity index (χ4v) is 2.38. The Kier molecular flexibility index (Phi) is 4.62. The van der Waals surface area contributed by atoms with Gasteiger partial charge < -0.3 is 9.64 Å². The summed E-state index contributed by atoms with van der Waals surface area (Å²) in [6.07, 6.45) is 2.12. The molecule has 1 aromatic carbocycles. The van der Waals surface area contributed by atoms with E-state index in [0.717, 1.165) is 18.4 Å². The van der Waals surface area contributed by atoms with Crippen LogP contribution < -0.4 is 0 Å². The molecule has 1 aliphatic heterocycles. The van der Waals surface area contributed by atoms with Crippen LogP contribution in [0.1, 0.15) is 31.7 Å². The van der Waals surface area contributed by atoms with Gasteiger partial charge in [-0.25, -0.2) is 4.79 Å². The fraction of sp³-hybridized carbons (Fsp3) is 0.500. The molecule has 0 N–H and O–H groups in total. The van der Waals surface area contributed by atoms with Crippen LogP contribution in [0.5, 0.6) is 0 Å². The van der Waals surface area contributed by atoms with Crippen LogP contribution in [0.15, 0.2) is 30.3 Å². The van der Waals surface area contributed by atoms with E-state index in [2.05, 4.69) is 6.07 Å². The average Bonchev–Trinajstić information content (AvgIpc) is 2.69. The summed E-state index contributed by atoms with van der Waals surface area (Å²) in [5.74, 6) is 0. The number of carbonyl (C=O) groups is 1. The molecule has 0 bridgehead atoms. The van der Waals surface area contributed by atoms with Crippen LogP contribution in [0.4, 0.5) is 4.79 Å². The molecule has 1 aromatic rings. The standard InChI is InChI=1S/C16H20N2O2/c1-16(13-17)8-5-10-18(11-9-16)15(19)20-12-14-6-3-2-4-7-14/h2-4,6-7H,5,8-12H2,1H3/t16-/m1/s1. The van der Waals surface area contributed by atoms with Gasteiger partial charge in [0.05, 0.1) is 11.5 Å². The summed E-state index contributed by atoms with van der Waals surface area (Å²) in [4.78, 5) is 13.8. The summed E-state index contributed by atoms with van der Waals surface area (Å²) < 4.78 is 5.33. The summed E-state index contributed by atoms with van der Waals surface area (Å²) in [5, 5.41) is 9.17. The number of carbonyl (C=O) groups excluding carboxylic acids is 1. The second-order valence-corrected chi connectivity index (χ2v) is 5.55. The van der Waals surface area contributed by atoms with Gasteiger partial charge in [0.1, 0.15) is 6.61 Å². The SMILES string of the molecule is C[C@@]1(C#N)CCCN(C(=O)OCc2ccccc2)CC1. The first-order chi connectivity index (χ1) is 9.63. The van der Waals surface area contributed by atoms with Crippen LogP contribution in [0.3, 0.4) is 0 Å². The Hall–Kier alpha value is -2.02. The molecule has 0 radical (unpaired) electrons. The normalized spacial score (nSPS) is 22.7.